The standard InChI is InChI=1S/C15H21NO2/c1-11-9-12(2)15(13(3)10-11)18-8-7-16-6-4-5-14(16)17/h9-10H,4-8H2,1-3H3. The van der Waals surface area contributed by atoms with Gasteiger partial charge in [-0.1, -0.05) is 17.7 Å². The molecular formula is C15H21NO2. The van der Waals surface area contributed by atoms with E-state index in [-0.39, 0.29) is 5.91 Å². The number of likely N-dealkylation sites (tertiary alicyclic amines) is 1. The number of carbonyl (C=O) groups is 1. The molecule has 18 heavy (non-hydrogen) atoms. The fourth-order valence-corrected chi connectivity index (χ4v) is 2.59. The van der Waals surface area contributed by atoms with Crippen molar-refractivity contribution in [3.63, 3.8) is 0 Å². The van der Waals surface area contributed by atoms with Crippen LogP contribution in [0, 0.1) is 20.8 Å². The van der Waals surface area contributed by atoms with Gasteiger partial charge < -0.3 is 9.64 Å². The van der Waals surface area contributed by atoms with E-state index in [0.717, 1.165) is 18.7 Å². The molecule has 98 valence electrons. The van der Waals surface area contributed by atoms with Crippen molar-refractivity contribution in [3.05, 3.63) is 28.8 Å². The van der Waals surface area contributed by atoms with E-state index in [1.165, 1.54) is 16.7 Å². The van der Waals surface area contributed by atoms with Gasteiger partial charge in [-0.25, -0.2) is 0 Å². The molecule has 0 unspecified atom stereocenters. The highest BCUT2D eigenvalue weighted by Crippen LogP contribution is 2.24. The van der Waals surface area contributed by atoms with Gasteiger partial charge in [-0.3, -0.25) is 4.79 Å². The second-order valence-electron chi connectivity index (χ2n) is 5.06. The van der Waals surface area contributed by atoms with Crippen LogP contribution in [0.4, 0.5) is 0 Å². The smallest absolute Gasteiger partial charge is 0.222 e. The number of carbonyl (C=O) groups excluding carboxylic acids is 1. The molecule has 2 rings (SSSR count). The molecule has 1 saturated heterocycles. The number of rotatable bonds is 4. The Morgan fingerprint density at radius 3 is 2.44 bits per heavy atom. The number of hydrogen-bond acceptors (Lipinski definition) is 2. The first kappa shape index (κ1) is 12.9. The third kappa shape index (κ3) is 2.84. The van der Waals surface area contributed by atoms with Gasteiger partial charge in [-0.05, 0) is 38.3 Å². The Morgan fingerprint density at radius 1 is 1.22 bits per heavy atom. The average Bonchev–Trinajstić information content (AvgIpc) is 2.68. The number of ether oxygens (including phenoxy) is 1. The lowest BCUT2D eigenvalue weighted by Crippen LogP contribution is -2.29. The highest BCUT2D eigenvalue weighted by atomic mass is 16.5. The van der Waals surface area contributed by atoms with Crippen LogP contribution in [0.3, 0.4) is 0 Å². The van der Waals surface area contributed by atoms with Crippen molar-refractivity contribution in [2.24, 2.45) is 0 Å². The molecule has 0 radical (unpaired) electrons. The molecule has 1 amide bonds. The van der Waals surface area contributed by atoms with Crippen molar-refractivity contribution >= 4 is 5.91 Å². The minimum absolute atomic E-state index is 0.260. The average molecular weight is 247 g/mol. The Labute approximate surface area is 109 Å². The molecule has 0 aromatic heterocycles. The Bertz CT molecular complexity index is 431. The van der Waals surface area contributed by atoms with Crippen molar-refractivity contribution in [2.75, 3.05) is 19.7 Å². The predicted octanol–water partition coefficient (Wildman–Crippen LogP) is 2.61. The predicted molar refractivity (Wildman–Crippen MR) is 72.0 cm³/mol. The Morgan fingerprint density at radius 2 is 1.89 bits per heavy atom. The minimum atomic E-state index is 0.260. The molecule has 3 nitrogen and oxygen atoms in total. The van der Waals surface area contributed by atoms with E-state index in [1.807, 2.05) is 4.90 Å². The van der Waals surface area contributed by atoms with Gasteiger partial charge in [-0.2, -0.15) is 0 Å². The summed E-state index contributed by atoms with van der Waals surface area (Å²) in [6, 6.07) is 4.26. The van der Waals surface area contributed by atoms with E-state index < -0.39 is 0 Å². The van der Waals surface area contributed by atoms with E-state index in [9.17, 15) is 4.79 Å². The SMILES string of the molecule is Cc1cc(C)c(OCCN2CCCC2=O)c(C)c1. The summed E-state index contributed by atoms with van der Waals surface area (Å²) >= 11 is 0. The van der Waals surface area contributed by atoms with Crippen LogP contribution in [0.2, 0.25) is 0 Å². The lowest BCUT2D eigenvalue weighted by atomic mass is 10.1. The van der Waals surface area contributed by atoms with E-state index >= 15 is 0 Å². The van der Waals surface area contributed by atoms with Crippen LogP contribution in [0.1, 0.15) is 29.5 Å². The van der Waals surface area contributed by atoms with Crippen molar-refractivity contribution < 1.29 is 9.53 Å². The molecule has 0 spiro atoms. The zero-order valence-corrected chi connectivity index (χ0v) is 11.5. The second-order valence-corrected chi connectivity index (χ2v) is 5.06. The zero-order chi connectivity index (χ0) is 13.1. The summed E-state index contributed by atoms with van der Waals surface area (Å²) in [5, 5.41) is 0. The summed E-state index contributed by atoms with van der Waals surface area (Å²) in [7, 11) is 0. The molecule has 1 aliphatic heterocycles. The Kier molecular flexibility index (Phi) is 3.90. The number of hydrogen-bond donors (Lipinski definition) is 0. The maximum atomic E-state index is 11.5. The van der Waals surface area contributed by atoms with Gasteiger partial charge in [0, 0.05) is 13.0 Å². The molecule has 0 aliphatic carbocycles. The number of aryl methyl sites for hydroxylation is 3. The summed E-state index contributed by atoms with van der Waals surface area (Å²) in [5.74, 6) is 1.23. The van der Waals surface area contributed by atoms with Gasteiger partial charge in [-0.15, -0.1) is 0 Å². The monoisotopic (exact) mass is 247 g/mol. The maximum absolute atomic E-state index is 11.5. The summed E-state index contributed by atoms with van der Waals surface area (Å²) in [5.41, 5.74) is 3.59. The first-order chi connectivity index (χ1) is 8.58. The van der Waals surface area contributed by atoms with Crippen LogP contribution < -0.4 is 4.74 Å². The van der Waals surface area contributed by atoms with Gasteiger partial charge in [0.25, 0.3) is 0 Å². The zero-order valence-electron chi connectivity index (χ0n) is 11.5. The van der Waals surface area contributed by atoms with Crippen molar-refractivity contribution in [2.45, 2.75) is 33.6 Å². The lowest BCUT2D eigenvalue weighted by molar-refractivity contribution is -0.128. The Hall–Kier alpha value is -1.51. The molecule has 0 bridgehead atoms. The molecule has 0 saturated carbocycles. The summed E-state index contributed by atoms with van der Waals surface area (Å²) in [4.78, 5) is 13.4. The van der Waals surface area contributed by atoms with Crippen LogP contribution in [0.5, 0.6) is 5.75 Å². The summed E-state index contributed by atoms with van der Waals surface area (Å²) in [6.07, 6.45) is 1.68. The number of benzene rings is 1. The van der Waals surface area contributed by atoms with Crippen molar-refractivity contribution in [1.82, 2.24) is 4.90 Å². The fraction of sp³-hybridized carbons (Fsp3) is 0.533. The van der Waals surface area contributed by atoms with Gasteiger partial charge in [0.1, 0.15) is 12.4 Å². The molecule has 3 heteroatoms. The van der Waals surface area contributed by atoms with Gasteiger partial charge in [0.05, 0.1) is 6.54 Å². The molecule has 1 fully saturated rings. The quantitative estimate of drug-likeness (QED) is 0.818. The van der Waals surface area contributed by atoms with Crippen molar-refractivity contribution in [3.8, 4) is 5.75 Å². The molecule has 0 N–H and O–H groups in total. The Balaban J connectivity index is 1.92. The molecule has 1 aliphatic rings. The molecule has 1 aromatic rings. The first-order valence-corrected chi connectivity index (χ1v) is 6.56. The molecular weight excluding hydrogens is 226 g/mol. The normalized spacial score (nSPS) is 15.3. The molecule has 1 aromatic carbocycles. The van der Waals surface area contributed by atoms with E-state index in [0.29, 0.717) is 19.6 Å². The number of amides is 1. The highest BCUT2D eigenvalue weighted by molar-refractivity contribution is 5.78. The highest BCUT2D eigenvalue weighted by Gasteiger charge is 2.19. The largest absolute Gasteiger partial charge is 0.491 e. The number of nitrogens with zero attached hydrogens (tertiary/aromatic N) is 1. The van der Waals surface area contributed by atoms with Crippen molar-refractivity contribution in [1.29, 1.82) is 0 Å². The van der Waals surface area contributed by atoms with Gasteiger partial charge in [0.15, 0.2) is 0 Å². The van der Waals surface area contributed by atoms with Crippen LogP contribution in [0.25, 0.3) is 0 Å². The fourth-order valence-electron chi connectivity index (χ4n) is 2.59. The first-order valence-electron chi connectivity index (χ1n) is 6.56. The van der Waals surface area contributed by atoms with Gasteiger partial charge in [0.2, 0.25) is 5.91 Å². The summed E-state index contributed by atoms with van der Waals surface area (Å²) in [6.45, 7) is 8.38. The minimum Gasteiger partial charge on any atom is -0.491 e. The van der Waals surface area contributed by atoms with Crippen LogP contribution >= 0.6 is 0 Å². The topological polar surface area (TPSA) is 29.5 Å². The van der Waals surface area contributed by atoms with Crippen LogP contribution in [-0.4, -0.2) is 30.5 Å². The van der Waals surface area contributed by atoms with Gasteiger partial charge >= 0.3 is 0 Å². The second kappa shape index (κ2) is 5.42. The van der Waals surface area contributed by atoms with Crippen LogP contribution in [0.15, 0.2) is 12.1 Å². The summed E-state index contributed by atoms with van der Waals surface area (Å²) < 4.78 is 5.84. The lowest BCUT2D eigenvalue weighted by Gasteiger charge is -2.18. The third-order valence-electron chi connectivity index (χ3n) is 3.38. The molecule has 1 heterocycles. The van der Waals surface area contributed by atoms with E-state index in [1.54, 1.807) is 0 Å². The third-order valence-corrected chi connectivity index (χ3v) is 3.38. The van der Waals surface area contributed by atoms with E-state index in [4.69, 9.17) is 4.74 Å². The molecule has 0 atom stereocenters. The maximum Gasteiger partial charge on any atom is 0.222 e. The van der Waals surface area contributed by atoms with Crippen LogP contribution in [-0.2, 0) is 4.79 Å². The van der Waals surface area contributed by atoms with E-state index in [2.05, 4.69) is 32.9 Å².